The Balaban J connectivity index is 1.14. The van der Waals surface area contributed by atoms with Gasteiger partial charge in [0.1, 0.15) is 0 Å². The van der Waals surface area contributed by atoms with Gasteiger partial charge in [0.2, 0.25) is 0 Å². The molecular formula is C47H30N4. The molecule has 0 unspecified atom stereocenters. The number of hydrogen-bond donors (Lipinski definition) is 0. The molecule has 8 aromatic carbocycles. The number of nitrogens with zero attached hydrogens (tertiary/aromatic N) is 4. The zero-order valence-electron chi connectivity index (χ0n) is 27.6. The van der Waals surface area contributed by atoms with Crippen molar-refractivity contribution in [2.24, 2.45) is 0 Å². The van der Waals surface area contributed by atoms with Gasteiger partial charge in [-0.2, -0.15) is 0 Å². The highest BCUT2D eigenvalue weighted by molar-refractivity contribution is 6.14. The monoisotopic (exact) mass is 650 g/mol. The number of hydrogen-bond acceptors (Lipinski definition) is 3. The smallest absolute Gasteiger partial charge is 0.164 e. The minimum absolute atomic E-state index is 0.639. The van der Waals surface area contributed by atoms with Crippen molar-refractivity contribution in [3.63, 3.8) is 0 Å². The molecule has 51 heavy (non-hydrogen) atoms. The topological polar surface area (TPSA) is 43.6 Å². The van der Waals surface area contributed by atoms with Crippen molar-refractivity contribution >= 4 is 43.4 Å². The van der Waals surface area contributed by atoms with Gasteiger partial charge < -0.3 is 4.57 Å². The van der Waals surface area contributed by atoms with Crippen LogP contribution in [0.25, 0.3) is 94.3 Å². The van der Waals surface area contributed by atoms with Crippen molar-refractivity contribution in [1.82, 2.24) is 19.5 Å². The van der Waals surface area contributed by atoms with Gasteiger partial charge in [0.05, 0.1) is 16.7 Å². The van der Waals surface area contributed by atoms with Crippen LogP contribution in [-0.4, -0.2) is 19.5 Å². The molecule has 0 fully saturated rings. The Morgan fingerprint density at radius 1 is 0.294 bits per heavy atom. The lowest BCUT2D eigenvalue weighted by molar-refractivity contribution is 1.07. The number of rotatable bonds is 5. The lowest BCUT2D eigenvalue weighted by Crippen LogP contribution is -2.00. The van der Waals surface area contributed by atoms with Crippen LogP contribution < -0.4 is 0 Å². The van der Waals surface area contributed by atoms with E-state index in [1.54, 1.807) is 0 Å². The van der Waals surface area contributed by atoms with E-state index >= 15 is 0 Å². The predicted octanol–water partition coefficient (Wildman–Crippen LogP) is 11.9. The lowest BCUT2D eigenvalue weighted by atomic mass is 10.0. The van der Waals surface area contributed by atoms with Crippen LogP contribution in [0.4, 0.5) is 0 Å². The molecule has 0 bridgehead atoms. The Morgan fingerprint density at radius 3 is 1.65 bits per heavy atom. The maximum absolute atomic E-state index is 5.10. The summed E-state index contributed by atoms with van der Waals surface area (Å²) < 4.78 is 2.41. The molecule has 0 spiro atoms. The summed E-state index contributed by atoms with van der Waals surface area (Å²) in [5.41, 5.74) is 8.62. The van der Waals surface area contributed by atoms with Crippen molar-refractivity contribution in [2.75, 3.05) is 0 Å². The van der Waals surface area contributed by atoms with Gasteiger partial charge in [-0.25, -0.2) is 15.0 Å². The van der Waals surface area contributed by atoms with Crippen molar-refractivity contribution in [3.8, 4) is 51.0 Å². The minimum Gasteiger partial charge on any atom is -0.309 e. The molecular weight excluding hydrogens is 621 g/mol. The third-order valence-corrected chi connectivity index (χ3v) is 9.79. The number of fused-ring (bicyclic) bond motifs is 5. The molecule has 0 amide bonds. The number of benzene rings is 8. The second-order valence-corrected chi connectivity index (χ2v) is 12.9. The Bertz CT molecular complexity index is 2910. The van der Waals surface area contributed by atoms with Crippen molar-refractivity contribution in [3.05, 3.63) is 182 Å². The molecule has 4 heteroatoms. The van der Waals surface area contributed by atoms with Gasteiger partial charge in [-0.05, 0) is 63.7 Å². The first-order chi connectivity index (χ1) is 25.3. The van der Waals surface area contributed by atoms with Crippen molar-refractivity contribution < 1.29 is 0 Å². The highest BCUT2D eigenvalue weighted by atomic mass is 15.0. The highest BCUT2D eigenvalue weighted by Crippen LogP contribution is 2.38. The van der Waals surface area contributed by atoms with E-state index in [4.69, 9.17) is 15.0 Å². The van der Waals surface area contributed by atoms with Gasteiger partial charge in [-0.3, -0.25) is 0 Å². The first-order valence-electron chi connectivity index (χ1n) is 17.2. The zero-order valence-corrected chi connectivity index (χ0v) is 27.6. The van der Waals surface area contributed by atoms with Gasteiger partial charge in [0.15, 0.2) is 17.5 Å². The second-order valence-electron chi connectivity index (χ2n) is 12.9. The number of para-hydroxylation sites is 1. The van der Waals surface area contributed by atoms with Crippen molar-refractivity contribution in [2.45, 2.75) is 0 Å². The van der Waals surface area contributed by atoms with E-state index in [2.05, 4.69) is 150 Å². The van der Waals surface area contributed by atoms with Crippen LogP contribution in [-0.2, 0) is 0 Å². The van der Waals surface area contributed by atoms with E-state index in [0.717, 1.165) is 44.3 Å². The van der Waals surface area contributed by atoms with Gasteiger partial charge >= 0.3 is 0 Å². The van der Waals surface area contributed by atoms with E-state index in [1.165, 1.54) is 32.6 Å². The molecule has 10 rings (SSSR count). The van der Waals surface area contributed by atoms with Crippen LogP contribution in [0.2, 0.25) is 0 Å². The summed E-state index contributed by atoms with van der Waals surface area (Å²) in [7, 11) is 0. The molecule has 0 saturated carbocycles. The molecule has 0 atom stereocenters. The van der Waals surface area contributed by atoms with Gasteiger partial charge in [-0.15, -0.1) is 0 Å². The summed E-state index contributed by atoms with van der Waals surface area (Å²) in [5.74, 6) is 1.93. The predicted molar refractivity (Wildman–Crippen MR) is 211 cm³/mol. The maximum atomic E-state index is 5.10. The molecule has 238 valence electrons. The average Bonchev–Trinajstić information content (AvgIpc) is 3.53. The van der Waals surface area contributed by atoms with Crippen LogP contribution in [0.3, 0.4) is 0 Å². The minimum atomic E-state index is 0.639. The molecule has 4 nitrogen and oxygen atoms in total. The summed E-state index contributed by atoms with van der Waals surface area (Å²) in [6.07, 6.45) is 0. The molecule has 2 heterocycles. The standard InChI is InChI=1S/C47H30N4/c1-3-13-31(14-4-1)33-19-11-21-37(27-33)46-48-45(32-15-5-2-6-16-32)49-47(50-46)38-25-26-39-36(28-38)20-12-24-42(39)51-43-23-10-9-22-40(43)41-29-34-17-7-8-18-35(34)30-44(41)51/h1-30H. The van der Waals surface area contributed by atoms with Gasteiger partial charge in [0.25, 0.3) is 0 Å². The van der Waals surface area contributed by atoms with Gasteiger partial charge in [-0.1, -0.05) is 146 Å². The van der Waals surface area contributed by atoms with Crippen LogP contribution in [0.5, 0.6) is 0 Å². The Hall–Kier alpha value is -6.91. The Kier molecular flexibility index (Phi) is 6.78. The Labute approximate surface area is 295 Å². The summed E-state index contributed by atoms with van der Waals surface area (Å²) in [4.78, 5) is 15.1. The van der Waals surface area contributed by atoms with E-state index in [9.17, 15) is 0 Å². The molecule has 0 aliphatic carbocycles. The molecule has 0 N–H and O–H groups in total. The SMILES string of the molecule is c1ccc(-c2cccc(-c3nc(-c4ccccc4)nc(-c4ccc5c(-n6c7ccccc7c7cc8ccccc8cc76)cccc5c4)n3)c2)cc1. The van der Waals surface area contributed by atoms with E-state index in [-0.39, 0.29) is 0 Å². The fourth-order valence-corrected chi connectivity index (χ4v) is 7.33. The lowest BCUT2D eigenvalue weighted by Gasteiger charge is -2.13. The third-order valence-electron chi connectivity index (χ3n) is 9.79. The Morgan fingerprint density at radius 2 is 0.863 bits per heavy atom. The van der Waals surface area contributed by atoms with Crippen LogP contribution >= 0.6 is 0 Å². The molecule has 0 aliphatic rings. The van der Waals surface area contributed by atoms with E-state index in [0.29, 0.717) is 17.5 Å². The van der Waals surface area contributed by atoms with Crippen LogP contribution in [0, 0.1) is 0 Å². The molecule has 2 aromatic heterocycles. The highest BCUT2D eigenvalue weighted by Gasteiger charge is 2.17. The second kappa shape index (κ2) is 11.9. The largest absolute Gasteiger partial charge is 0.309 e. The molecule has 10 aromatic rings. The van der Waals surface area contributed by atoms with E-state index < -0.39 is 0 Å². The first kappa shape index (κ1) is 29.0. The average molecular weight is 651 g/mol. The van der Waals surface area contributed by atoms with E-state index in [1.807, 2.05) is 36.4 Å². The summed E-state index contributed by atoms with van der Waals surface area (Å²) in [5, 5.41) is 7.24. The maximum Gasteiger partial charge on any atom is 0.164 e. The third kappa shape index (κ3) is 5.04. The fraction of sp³-hybridized carbons (Fsp3) is 0. The fourth-order valence-electron chi connectivity index (χ4n) is 7.33. The van der Waals surface area contributed by atoms with Crippen LogP contribution in [0.15, 0.2) is 182 Å². The van der Waals surface area contributed by atoms with Crippen LogP contribution in [0.1, 0.15) is 0 Å². The summed E-state index contributed by atoms with van der Waals surface area (Å²) >= 11 is 0. The number of aromatic nitrogens is 4. The van der Waals surface area contributed by atoms with Crippen molar-refractivity contribution in [1.29, 1.82) is 0 Å². The zero-order chi connectivity index (χ0) is 33.7. The molecule has 0 saturated heterocycles. The summed E-state index contributed by atoms with van der Waals surface area (Å²) in [6, 6.07) is 64.0. The quantitative estimate of drug-likeness (QED) is 0.186. The first-order valence-corrected chi connectivity index (χ1v) is 17.2. The summed E-state index contributed by atoms with van der Waals surface area (Å²) in [6.45, 7) is 0. The molecule has 0 radical (unpaired) electrons. The van der Waals surface area contributed by atoms with Gasteiger partial charge in [0, 0.05) is 32.8 Å². The molecule has 0 aliphatic heterocycles. The normalized spacial score (nSPS) is 11.5.